The van der Waals surface area contributed by atoms with E-state index in [0.717, 1.165) is 13.1 Å². The molecule has 30 heavy (non-hydrogen) atoms. The fraction of sp³-hybridized carbons (Fsp3) is 0.682. The molecule has 1 aliphatic heterocycles. The number of nitrogens with one attached hydrogen (secondary N) is 1. The van der Waals surface area contributed by atoms with Gasteiger partial charge in [0.15, 0.2) is 5.78 Å². The molecule has 1 aliphatic rings. The number of esters is 1. The number of nitrogens with zero attached hydrogens (tertiary/aromatic N) is 2. The Kier molecular flexibility index (Phi) is 9.05. The van der Waals surface area contributed by atoms with Gasteiger partial charge in [-0.05, 0) is 32.3 Å². The quantitative estimate of drug-likeness (QED) is 0.460. The first-order valence-electron chi connectivity index (χ1n) is 10.7. The molecule has 1 amide bonds. The lowest BCUT2D eigenvalue weighted by Crippen LogP contribution is -2.44. The Balaban J connectivity index is 2.14. The van der Waals surface area contributed by atoms with Crippen molar-refractivity contribution in [3.8, 4) is 0 Å². The fourth-order valence-electron chi connectivity index (χ4n) is 3.69. The van der Waals surface area contributed by atoms with Crippen molar-refractivity contribution in [1.29, 1.82) is 0 Å². The summed E-state index contributed by atoms with van der Waals surface area (Å²) in [4.78, 5) is 44.9. The van der Waals surface area contributed by atoms with E-state index in [2.05, 4.69) is 9.88 Å². The number of aromatic amines is 1. The van der Waals surface area contributed by atoms with Gasteiger partial charge in [-0.2, -0.15) is 0 Å². The number of ketones is 1. The number of ether oxygens (including phenoxy) is 2. The number of carbonyl (C=O) groups is 3. The molecule has 0 radical (unpaired) electrons. The van der Waals surface area contributed by atoms with Gasteiger partial charge < -0.3 is 19.4 Å². The van der Waals surface area contributed by atoms with E-state index in [4.69, 9.17) is 9.47 Å². The summed E-state index contributed by atoms with van der Waals surface area (Å²) in [6, 6.07) is 0. The Morgan fingerprint density at radius 2 is 1.87 bits per heavy atom. The molecule has 0 aromatic carbocycles. The number of aryl methyl sites for hydroxylation is 1. The number of morpholine rings is 1. The van der Waals surface area contributed by atoms with E-state index in [-0.39, 0.29) is 30.8 Å². The van der Waals surface area contributed by atoms with Crippen LogP contribution in [-0.4, -0.2) is 85.0 Å². The molecule has 168 valence electrons. The lowest BCUT2D eigenvalue weighted by atomic mass is 10.0. The highest BCUT2D eigenvalue weighted by molar-refractivity contribution is 6.04. The number of rotatable bonds is 10. The largest absolute Gasteiger partial charge is 0.461 e. The summed E-state index contributed by atoms with van der Waals surface area (Å²) in [6.45, 7) is 13.7. The minimum absolute atomic E-state index is 0.00229. The van der Waals surface area contributed by atoms with Crippen molar-refractivity contribution >= 4 is 17.7 Å². The van der Waals surface area contributed by atoms with Crippen LogP contribution in [0.3, 0.4) is 0 Å². The van der Waals surface area contributed by atoms with Crippen molar-refractivity contribution < 1.29 is 23.9 Å². The van der Waals surface area contributed by atoms with Gasteiger partial charge in [0.25, 0.3) is 0 Å². The second kappa shape index (κ2) is 11.3. The van der Waals surface area contributed by atoms with E-state index in [1.54, 1.807) is 25.7 Å². The van der Waals surface area contributed by atoms with Crippen LogP contribution in [0.1, 0.15) is 59.3 Å². The minimum Gasteiger partial charge on any atom is -0.461 e. The fourth-order valence-corrected chi connectivity index (χ4v) is 3.69. The summed E-state index contributed by atoms with van der Waals surface area (Å²) in [7, 11) is 0. The molecule has 1 fully saturated rings. The Hall–Kier alpha value is -2.19. The van der Waals surface area contributed by atoms with Gasteiger partial charge >= 0.3 is 5.97 Å². The van der Waals surface area contributed by atoms with Gasteiger partial charge in [-0.25, -0.2) is 4.79 Å². The van der Waals surface area contributed by atoms with Crippen LogP contribution >= 0.6 is 0 Å². The molecular weight excluding hydrogens is 386 g/mol. The molecular formula is C22H35N3O5. The zero-order valence-electron chi connectivity index (χ0n) is 18.9. The third-order valence-corrected chi connectivity index (χ3v) is 5.26. The van der Waals surface area contributed by atoms with Crippen molar-refractivity contribution in [3.63, 3.8) is 0 Å². The summed E-state index contributed by atoms with van der Waals surface area (Å²) >= 11 is 0. The molecule has 8 nitrogen and oxygen atoms in total. The second-order valence-electron chi connectivity index (χ2n) is 8.14. The highest BCUT2D eigenvalue weighted by Crippen LogP contribution is 2.20. The first kappa shape index (κ1) is 24.1. The summed E-state index contributed by atoms with van der Waals surface area (Å²) in [5, 5.41) is 0. The Morgan fingerprint density at radius 1 is 1.20 bits per heavy atom. The predicted octanol–water partition coefficient (Wildman–Crippen LogP) is 2.20. The van der Waals surface area contributed by atoms with Crippen molar-refractivity contribution in [2.45, 2.75) is 41.0 Å². The number of hydrogen-bond donors (Lipinski definition) is 1. The van der Waals surface area contributed by atoms with Crippen LogP contribution < -0.4 is 0 Å². The maximum atomic E-state index is 13.1. The molecule has 1 saturated heterocycles. The Morgan fingerprint density at radius 3 is 2.47 bits per heavy atom. The average Bonchev–Trinajstić information content (AvgIpc) is 2.99. The van der Waals surface area contributed by atoms with Crippen LogP contribution in [0.4, 0.5) is 0 Å². The molecule has 0 aliphatic carbocycles. The number of amides is 1. The number of carbonyl (C=O) groups excluding carboxylic acids is 3. The van der Waals surface area contributed by atoms with Gasteiger partial charge in [0, 0.05) is 43.9 Å². The van der Waals surface area contributed by atoms with E-state index in [9.17, 15) is 14.4 Å². The number of hydrogen-bond acceptors (Lipinski definition) is 6. The molecule has 0 bridgehead atoms. The molecule has 0 atom stereocenters. The van der Waals surface area contributed by atoms with Crippen molar-refractivity contribution in [3.05, 3.63) is 22.5 Å². The third kappa shape index (κ3) is 6.40. The third-order valence-electron chi connectivity index (χ3n) is 5.26. The smallest absolute Gasteiger partial charge is 0.355 e. The highest BCUT2D eigenvalue weighted by atomic mass is 16.5. The van der Waals surface area contributed by atoms with Crippen LogP contribution in [0.15, 0.2) is 0 Å². The van der Waals surface area contributed by atoms with Crippen LogP contribution in [0.2, 0.25) is 0 Å². The van der Waals surface area contributed by atoms with Crippen molar-refractivity contribution in [2.24, 2.45) is 5.92 Å². The number of H-pyrrole nitrogens is 1. The summed E-state index contributed by atoms with van der Waals surface area (Å²) in [5.41, 5.74) is 1.95. The van der Waals surface area contributed by atoms with E-state index in [1.807, 2.05) is 13.8 Å². The van der Waals surface area contributed by atoms with Crippen LogP contribution in [0.25, 0.3) is 0 Å². The summed E-state index contributed by atoms with van der Waals surface area (Å²) in [5.74, 6) is -0.458. The monoisotopic (exact) mass is 421 g/mol. The van der Waals surface area contributed by atoms with E-state index in [1.165, 1.54) is 0 Å². The van der Waals surface area contributed by atoms with Crippen molar-refractivity contribution in [2.75, 3.05) is 52.5 Å². The number of aromatic nitrogens is 1. The summed E-state index contributed by atoms with van der Waals surface area (Å²) < 4.78 is 10.4. The number of Topliss-reactive ketones (excluding diaryl/α,β-unsaturated/α-hetero) is 1. The van der Waals surface area contributed by atoms with Gasteiger partial charge in [0.05, 0.1) is 26.4 Å². The molecule has 1 N–H and O–H groups in total. The molecule has 8 heteroatoms. The maximum Gasteiger partial charge on any atom is 0.355 e. The first-order chi connectivity index (χ1) is 14.2. The molecule has 0 saturated carbocycles. The lowest BCUT2D eigenvalue weighted by Gasteiger charge is -2.30. The first-order valence-corrected chi connectivity index (χ1v) is 10.7. The van der Waals surface area contributed by atoms with E-state index in [0.29, 0.717) is 55.2 Å². The Labute approximate surface area is 178 Å². The van der Waals surface area contributed by atoms with Crippen LogP contribution in [-0.2, 0) is 14.3 Å². The molecule has 2 heterocycles. The zero-order valence-corrected chi connectivity index (χ0v) is 18.9. The van der Waals surface area contributed by atoms with Crippen LogP contribution in [0, 0.1) is 19.8 Å². The molecule has 0 spiro atoms. The molecule has 2 rings (SSSR count). The Bertz CT molecular complexity index is 750. The predicted molar refractivity (Wildman–Crippen MR) is 114 cm³/mol. The van der Waals surface area contributed by atoms with Gasteiger partial charge in [-0.15, -0.1) is 0 Å². The lowest BCUT2D eigenvalue weighted by molar-refractivity contribution is -0.131. The highest BCUT2D eigenvalue weighted by Gasteiger charge is 2.26. The normalized spacial score (nSPS) is 14.7. The minimum atomic E-state index is -0.475. The topological polar surface area (TPSA) is 91.9 Å². The average molecular weight is 422 g/mol. The maximum absolute atomic E-state index is 13.1. The van der Waals surface area contributed by atoms with Gasteiger partial charge in [0.1, 0.15) is 5.69 Å². The van der Waals surface area contributed by atoms with Crippen LogP contribution in [0.5, 0.6) is 0 Å². The summed E-state index contributed by atoms with van der Waals surface area (Å²) in [6.07, 6.45) is 0.398. The van der Waals surface area contributed by atoms with Gasteiger partial charge in [-0.1, -0.05) is 13.8 Å². The van der Waals surface area contributed by atoms with Crippen molar-refractivity contribution in [1.82, 2.24) is 14.8 Å². The molecule has 1 aromatic rings. The second-order valence-corrected chi connectivity index (χ2v) is 8.14. The zero-order chi connectivity index (χ0) is 22.3. The van der Waals surface area contributed by atoms with E-state index < -0.39 is 5.97 Å². The van der Waals surface area contributed by atoms with E-state index >= 15 is 0 Å². The standard InChI is InChI=1S/C22H35N3O5/c1-6-30-22(28)21-16(4)20(17(5)23-21)18(26)14-25(19(27)13-15(2)3)8-7-24-9-11-29-12-10-24/h15,23H,6-14H2,1-5H3. The molecule has 1 aromatic heterocycles. The molecule has 0 unspecified atom stereocenters. The van der Waals surface area contributed by atoms with Gasteiger partial charge in [0.2, 0.25) is 5.91 Å². The van der Waals surface area contributed by atoms with Gasteiger partial charge in [-0.3, -0.25) is 14.5 Å². The SMILES string of the molecule is CCOC(=O)c1[nH]c(C)c(C(=O)CN(CCN2CCOCC2)C(=O)CC(C)C)c1C.